The Kier molecular flexibility index (Phi) is 6.20. The van der Waals surface area contributed by atoms with Gasteiger partial charge in [-0.1, -0.05) is 32.9 Å². The Labute approximate surface area is 92.6 Å². The number of hydrogen-bond donors (Lipinski definition) is 1. The molecule has 1 N–H and O–H groups in total. The monoisotopic (exact) mass is 229 g/mol. The molecule has 0 heterocycles. The minimum atomic E-state index is -3.28. The second-order valence-corrected chi connectivity index (χ2v) is 4.58. The lowest BCUT2D eigenvalue weighted by Crippen LogP contribution is -2.23. The first-order valence-electron chi connectivity index (χ1n) is 5.12. The number of benzene rings is 1. The van der Waals surface area contributed by atoms with E-state index in [0.717, 1.165) is 5.56 Å². The van der Waals surface area contributed by atoms with Crippen molar-refractivity contribution in [3.05, 3.63) is 29.8 Å². The molecule has 0 amide bonds. The van der Waals surface area contributed by atoms with Crippen LogP contribution in [0.5, 0.6) is 0 Å². The lowest BCUT2D eigenvalue weighted by atomic mass is 10.2. The molecule has 1 aromatic rings. The van der Waals surface area contributed by atoms with E-state index in [9.17, 15) is 8.42 Å². The first kappa shape index (κ1) is 14.1. The number of aryl methyl sites for hydroxylation is 1. The highest BCUT2D eigenvalue weighted by atomic mass is 32.2. The SMILES string of the molecule is CC.CCNS(=O)(=O)c1cccc(C)c1. The summed E-state index contributed by atoms with van der Waals surface area (Å²) in [7, 11) is -3.28. The molecule has 0 radical (unpaired) electrons. The molecule has 3 nitrogen and oxygen atoms in total. The van der Waals surface area contributed by atoms with Gasteiger partial charge in [0.05, 0.1) is 4.90 Å². The Morgan fingerprint density at radius 1 is 1.27 bits per heavy atom. The molecule has 15 heavy (non-hydrogen) atoms. The van der Waals surface area contributed by atoms with Gasteiger partial charge in [-0.2, -0.15) is 0 Å². The fraction of sp³-hybridized carbons (Fsp3) is 0.455. The molecule has 0 unspecified atom stereocenters. The molecule has 1 rings (SSSR count). The molecular weight excluding hydrogens is 210 g/mol. The van der Waals surface area contributed by atoms with Gasteiger partial charge in [-0.3, -0.25) is 0 Å². The molecule has 0 aromatic heterocycles. The maximum Gasteiger partial charge on any atom is 0.240 e. The van der Waals surface area contributed by atoms with Crippen LogP contribution in [0.2, 0.25) is 0 Å². The Balaban J connectivity index is 0.000000921. The minimum absolute atomic E-state index is 0.328. The summed E-state index contributed by atoms with van der Waals surface area (Å²) >= 11 is 0. The Morgan fingerprint density at radius 3 is 2.33 bits per heavy atom. The van der Waals surface area contributed by atoms with Gasteiger partial charge in [0.25, 0.3) is 0 Å². The summed E-state index contributed by atoms with van der Waals surface area (Å²) in [4.78, 5) is 0.328. The minimum Gasteiger partial charge on any atom is -0.211 e. The summed E-state index contributed by atoms with van der Waals surface area (Å²) in [6.07, 6.45) is 0. The van der Waals surface area contributed by atoms with Gasteiger partial charge in [0.2, 0.25) is 10.0 Å². The van der Waals surface area contributed by atoms with Crippen LogP contribution in [-0.4, -0.2) is 15.0 Å². The Bertz CT molecular complexity index is 385. The Morgan fingerprint density at radius 2 is 1.87 bits per heavy atom. The third-order valence-corrected chi connectivity index (χ3v) is 3.18. The second kappa shape index (κ2) is 6.58. The lowest BCUT2D eigenvalue weighted by molar-refractivity contribution is 0.584. The molecular formula is C11H19NO2S. The standard InChI is InChI=1S/C9H13NO2S.C2H6/c1-3-10-13(11,12)9-6-4-5-8(2)7-9;1-2/h4-7,10H,3H2,1-2H3;1-2H3. The van der Waals surface area contributed by atoms with E-state index in [2.05, 4.69) is 4.72 Å². The molecule has 4 heteroatoms. The van der Waals surface area contributed by atoms with E-state index in [4.69, 9.17) is 0 Å². The quantitative estimate of drug-likeness (QED) is 0.864. The van der Waals surface area contributed by atoms with Crippen LogP contribution < -0.4 is 4.72 Å². The Hall–Kier alpha value is -0.870. The van der Waals surface area contributed by atoms with Crippen LogP contribution in [-0.2, 0) is 10.0 Å². The van der Waals surface area contributed by atoms with Gasteiger partial charge in [0.15, 0.2) is 0 Å². The predicted octanol–water partition coefficient (Wildman–Crippen LogP) is 2.32. The van der Waals surface area contributed by atoms with E-state index in [1.165, 1.54) is 0 Å². The first-order chi connectivity index (χ1) is 7.06. The molecule has 1 aromatic carbocycles. The first-order valence-corrected chi connectivity index (χ1v) is 6.61. The fourth-order valence-electron chi connectivity index (χ4n) is 1.06. The van der Waals surface area contributed by atoms with E-state index in [-0.39, 0.29) is 0 Å². The fourth-order valence-corrected chi connectivity index (χ4v) is 2.20. The molecule has 0 aliphatic rings. The highest BCUT2D eigenvalue weighted by molar-refractivity contribution is 7.89. The van der Waals surface area contributed by atoms with Crippen molar-refractivity contribution in [3.63, 3.8) is 0 Å². The van der Waals surface area contributed by atoms with Crippen molar-refractivity contribution in [2.24, 2.45) is 0 Å². The molecule has 0 spiro atoms. The van der Waals surface area contributed by atoms with Crippen molar-refractivity contribution in [1.82, 2.24) is 4.72 Å². The van der Waals surface area contributed by atoms with Crippen LogP contribution in [0.4, 0.5) is 0 Å². The summed E-state index contributed by atoms with van der Waals surface area (Å²) in [6.45, 7) is 8.04. The zero-order valence-corrected chi connectivity index (χ0v) is 10.6. The number of sulfonamides is 1. The van der Waals surface area contributed by atoms with E-state index in [1.807, 2.05) is 26.8 Å². The van der Waals surface area contributed by atoms with Crippen LogP contribution >= 0.6 is 0 Å². The molecule has 0 saturated heterocycles. The summed E-state index contributed by atoms with van der Waals surface area (Å²) in [5.74, 6) is 0. The van der Waals surface area contributed by atoms with Crippen LogP contribution in [0.3, 0.4) is 0 Å². The van der Waals surface area contributed by atoms with Crippen molar-refractivity contribution in [3.8, 4) is 0 Å². The average Bonchev–Trinajstić information content (AvgIpc) is 2.21. The van der Waals surface area contributed by atoms with Gasteiger partial charge >= 0.3 is 0 Å². The van der Waals surface area contributed by atoms with E-state index >= 15 is 0 Å². The molecule has 0 atom stereocenters. The largest absolute Gasteiger partial charge is 0.240 e. The summed E-state index contributed by atoms with van der Waals surface area (Å²) in [5.41, 5.74) is 0.943. The number of nitrogens with one attached hydrogen (secondary N) is 1. The van der Waals surface area contributed by atoms with Gasteiger partial charge < -0.3 is 0 Å². The van der Waals surface area contributed by atoms with Crippen molar-refractivity contribution < 1.29 is 8.42 Å². The van der Waals surface area contributed by atoms with Crippen LogP contribution in [0, 0.1) is 6.92 Å². The average molecular weight is 229 g/mol. The topological polar surface area (TPSA) is 46.2 Å². The second-order valence-electron chi connectivity index (χ2n) is 2.82. The highest BCUT2D eigenvalue weighted by Gasteiger charge is 2.11. The lowest BCUT2D eigenvalue weighted by Gasteiger charge is -2.04. The molecule has 0 saturated carbocycles. The molecule has 0 fully saturated rings. The third-order valence-electron chi connectivity index (χ3n) is 1.63. The zero-order valence-electron chi connectivity index (χ0n) is 9.74. The van der Waals surface area contributed by atoms with Crippen LogP contribution in [0.1, 0.15) is 26.3 Å². The molecule has 0 aliphatic carbocycles. The van der Waals surface area contributed by atoms with Crippen LogP contribution in [0.15, 0.2) is 29.2 Å². The van der Waals surface area contributed by atoms with Gasteiger partial charge in [-0.05, 0) is 24.6 Å². The van der Waals surface area contributed by atoms with Crippen molar-refractivity contribution in [2.75, 3.05) is 6.54 Å². The van der Waals surface area contributed by atoms with Gasteiger partial charge in [-0.15, -0.1) is 0 Å². The number of rotatable bonds is 3. The normalized spacial score (nSPS) is 10.4. The van der Waals surface area contributed by atoms with Crippen molar-refractivity contribution in [1.29, 1.82) is 0 Å². The molecule has 86 valence electrons. The third kappa shape index (κ3) is 4.44. The van der Waals surface area contributed by atoms with Gasteiger partial charge in [0.1, 0.15) is 0 Å². The smallest absolute Gasteiger partial charge is 0.211 e. The summed E-state index contributed by atoms with van der Waals surface area (Å²) in [5, 5.41) is 0. The van der Waals surface area contributed by atoms with Gasteiger partial charge in [-0.25, -0.2) is 13.1 Å². The summed E-state index contributed by atoms with van der Waals surface area (Å²) < 4.78 is 25.4. The van der Waals surface area contributed by atoms with Gasteiger partial charge in [0, 0.05) is 6.54 Å². The van der Waals surface area contributed by atoms with E-state index in [0.29, 0.717) is 11.4 Å². The number of hydrogen-bond acceptors (Lipinski definition) is 2. The van der Waals surface area contributed by atoms with E-state index in [1.54, 1.807) is 25.1 Å². The predicted molar refractivity (Wildman–Crippen MR) is 63.4 cm³/mol. The molecule has 0 aliphatic heterocycles. The maximum atomic E-state index is 11.5. The van der Waals surface area contributed by atoms with Crippen molar-refractivity contribution >= 4 is 10.0 Å². The van der Waals surface area contributed by atoms with Crippen LogP contribution in [0.25, 0.3) is 0 Å². The summed E-state index contributed by atoms with van der Waals surface area (Å²) in [6, 6.07) is 6.84. The highest BCUT2D eigenvalue weighted by Crippen LogP contribution is 2.09. The van der Waals surface area contributed by atoms with E-state index < -0.39 is 10.0 Å². The molecule has 0 bridgehead atoms. The zero-order chi connectivity index (χ0) is 11.9. The maximum absolute atomic E-state index is 11.5. The van der Waals surface area contributed by atoms with Crippen molar-refractivity contribution in [2.45, 2.75) is 32.6 Å².